The van der Waals surface area contributed by atoms with Crippen LogP contribution in [0, 0.1) is 16.6 Å². The third kappa shape index (κ3) is 39.3. The Balaban J connectivity index is 0.896. The number of carbonyl (C=O) groups excluding carboxylic acids is 9. The highest BCUT2D eigenvalue weighted by molar-refractivity contribution is 6.06. The zero-order valence-electron chi connectivity index (χ0n) is 74.7. The van der Waals surface area contributed by atoms with Crippen LogP contribution in [0.15, 0.2) is 85.5 Å². The van der Waals surface area contributed by atoms with E-state index >= 15 is 4.39 Å². The van der Waals surface area contributed by atoms with Crippen LogP contribution >= 0.6 is 0 Å². The molecule has 0 spiro atoms. The molecule has 3 aromatic carbocycles. The van der Waals surface area contributed by atoms with Crippen molar-refractivity contribution in [3.05, 3.63) is 125 Å². The number of carboxylic acids is 1. The minimum absolute atomic E-state index is 0.0519. The van der Waals surface area contributed by atoms with Gasteiger partial charge >= 0.3 is 5.97 Å². The number of ether oxygens (including phenoxy) is 9. The molecule has 9 amide bonds. The Bertz CT molecular complexity index is 4350. The molecule has 0 saturated carbocycles. The van der Waals surface area contributed by atoms with Crippen LogP contribution in [0.3, 0.4) is 0 Å². The molecule has 0 radical (unpaired) electrons. The molecular formula is C86H129FN18O23. The van der Waals surface area contributed by atoms with Crippen LogP contribution in [0.4, 0.5) is 4.39 Å². The lowest BCUT2D eigenvalue weighted by atomic mass is 9.90. The molecule has 41 nitrogen and oxygen atoms in total. The topological polar surface area (TPSA) is 557 Å². The SMILES string of the molecule is CCc1cc(OCCCCn2cc(COCCOCCOCCOCCOCCOCCOCCOCCCC(C)(C)C)nn2)ccc1-c1ccc(CC(C)NC(=O)C(CC(=O)O)NC(=O)C(CO)NC(=O)C(NC(=O)C(C)(Cc2ccccc2F)NC(=O)C(NC(=O)CNC(=O)C(Cc2nn[nH]n2)NC(=O)C(C)(C)C(=O)NCCc2cnc[nH]2)C(C)O)C(C)O)cc1. The molecule has 6 aromatic rings. The number of imidazole rings is 1. The van der Waals surface area contributed by atoms with Crippen molar-refractivity contribution in [2.45, 2.75) is 201 Å². The Morgan fingerprint density at radius 3 is 1.76 bits per heavy atom. The molecule has 128 heavy (non-hydrogen) atoms. The number of aliphatic hydroxyl groups is 3. The van der Waals surface area contributed by atoms with Gasteiger partial charge in [-0.05, 0) is 131 Å². The first kappa shape index (κ1) is 106. The van der Waals surface area contributed by atoms with Crippen LogP contribution in [-0.2, 0) is 131 Å². The number of unbranched alkanes of at least 4 members (excludes halogenated alkanes) is 1. The lowest BCUT2D eigenvalue weighted by Gasteiger charge is -2.34. The zero-order chi connectivity index (χ0) is 93.4. The Hall–Kier alpha value is -10.9. The number of aliphatic hydroxyl groups excluding tert-OH is 3. The number of nitrogens with zero attached hydrogens (tertiary/aromatic N) is 7. The number of aromatic nitrogens is 9. The average molecular weight is 1800 g/mol. The first-order valence-corrected chi connectivity index (χ1v) is 42.9. The van der Waals surface area contributed by atoms with Gasteiger partial charge in [-0.3, -0.25) is 52.6 Å². The average Bonchev–Trinajstić information content (AvgIpc) is 1.64. The molecule has 0 bridgehead atoms. The Kier molecular flexibility index (Phi) is 46.6. The van der Waals surface area contributed by atoms with E-state index in [-0.39, 0.29) is 24.4 Å². The highest BCUT2D eigenvalue weighted by atomic mass is 19.1. The third-order valence-electron chi connectivity index (χ3n) is 19.9. The van der Waals surface area contributed by atoms with E-state index in [0.29, 0.717) is 136 Å². The fraction of sp³-hybridized carbons (Fsp3) is 0.605. The monoisotopic (exact) mass is 1800 g/mol. The van der Waals surface area contributed by atoms with Crippen molar-refractivity contribution in [3.63, 3.8) is 0 Å². The molecule has 3 heterocycles. The van der Waals surface area contributed by atoms with Gasteiger partial charge < -0.3 is 116 Å². The molecule has 708 valence electrons. The number of hydrogen-bond donors (Lipinski definition) is 15. The molecular weight excluding hydrogens is 1670 g/mol. The summed E-state index contributed by atoms with van der Waals surface area (Å²) in [6.07, 6.45) is 4.34. The fourth-order valence-corrected chi connectivity index (χ4v) is 12.7. The van der Waals surface area contributed by atoms with Crippen LogP contribution in [0.2, 0.25) is 0 Å². The maximum absolute atomic E-state index is 15.5. The van der Waals surface area contributed by atoms with Crippen LogP contribution in [0.25, 0.3) is 11.1 Å². The van der Waals surface area contributed by atoms with E-state index in [1.807, 2.05) is 55.6 Å². The fourth-order valence-electron chi connectivity index (χ4n) is 12.7. The van der Waals surface area contributed by atoms with E-state index in [2.05, 4.69) is 110 Å². The van der Waals surface area contributed by atoms with E-state index < -0.39 is 157 Å². The van der Waals surface area contributed by atoms with Gasteiger partial charge in [0, 0.05) is 56.9 Å². The normalized spacial score (nSPS) is 14.0. The number of tetrazole rings is 1. The molecule has 0 fully saturated rings. The van der Waals surface area contributed by atoms with Crippen LogP contribution in [-0.4, -0.2) is 305 Å². The van der Waals surface area contributed by atoms with Gasteiger partial charge in [0.25, 0.3) is 0 Å². The van der Waals surface area contributed by atoms with E-state index in [4.69, 9.17) is 42.6 Å². The summed E-state index contributed by atoms with van der Waals surface area (Å²) in [6.45, 7) is 23.1. The summed E-state index contributed by atoms with van der Waals surface area (Å²) in [5.41, 5.74) is 1.23. The number of aryl methyl sites for hydroxylation is 2. The maximum Gasteiger partial charge on any atom is 0.305 e. The molecule has 0 saturated heterocycles. The van der Waals surface area contributed by atoms with E-state index in [1.165, 1.54) is 38.4 Å². The first-order chi connectivity index (χ1) is 61.2. The van der Waals surface area contributed by atoms with Crippen molar-refractivity contribution in [1.29, 1.82) is 0 Å². The molecule has 15 N–H and O–H groups in total. The lowest BCUT2D eigenvalue weighted by Crippen LogP contribution is -2.67. The van der Waals surface area contributed by atoms with E-state index in [1.54, 1.807) is 17.8 Å². The number of aromatic amines is 2. The second-order valence-corrected chi connectivity index (χ2v) is 32.5. The minimum atomic E-state index is -2.35. The first-order valence-electron chi connectivity index (χ1n) is 42.9. The number of hydrogen-bond acceptors (Lipinski definition) is 28. The van der Waals surface area contributed by atoms with Gasteiger partial charge in [-0.15, -0.1) is 15.3 Å². The number of carboxylic acid groups (broad SMARTS) is 1. The number of rotatable bonds is 65. The van der Waals surface area contributed by atoms with Gasteiger partial charge in [0.1, 0.15) is 58.4 Å². The van der Waals surface area contributed by atoms with E-state index in [0.717, 1.165) is 92.8 Å². The van der Waals surface area contributed by atoms with Gasteiger partial charge in [0.15, 0.2) is 5.82 Å². The second-order valence-electron chi connectivity index (χ2n) is 32.5. The highest BCUT2D eigenvalue weighted by Crippen LogP contribution is 2.30. The van der Waals surface area contributed by atoms with E-state index in [9.17, 15) is 68.4 Å². The summed E-state index contributed by atoms with van der Waals surface area (Å²) >= 11 is 0. The van der Waals surface area contributed by atoms with Crippen molar-refractivity contribution in [1.82, 2.24) is 93.4 Å². The molecule has 3 aromatic heterocycles. The van der Waals surface area contributed by atoms with Gasteiger partial charge in [-0.1, -0.05) is 86.7 Å². The highest BCUT2D eigenvalue weighted by Gasteiger charge is 2.43. The predicted octanol–water partition coefficient (Wildman–Crippen LogP) is 0.762. The summed E-state index contributed by atoms with van der Waals surface area (Å²) in [5, 5.41) is 85.5. The number of H-pyrrole nitrogens is 2. The summed E-state index contributed by atoms with van der Waals surface area (Å²) in [5.74, 6) is -11.5. The Morgan fingerprint density at radius 1 is 0.586 bits per heavy atom. The number of nitrogens with one attached hydrogen (secondary N) is 11. The van der Waals surface area contributed by atoms with Crippen molar-refractivity contribution in [2.75, 3.05) is 125 Å². The van der Waals surface area contributed by atoms with Gasteiger partial charge in [0.05, 0.1) is 150 Å². The smallest absolute Gasteiger partial charge is 0.305 e. The van der Waals surface area contributed by atoms with Gasteiger partial charge in [-0.2, -0.15) is 5.21 Å². The van der Waals surface area contributed by atoms with Crippen LogP contribution < -0.4 is 52.6 Å². The molecule has 0 aliphatic rings. The zero-order valence-corrected chi connectivity index (χ0v) is 74.7. The second kappa shape index (κ2) is 56.4. The van der Waals surface area contributed by atoms with Gasteiger partial charge in [0.2, 0.25) is 53.2 Å². The van der Waals surface area contributed by atoms with Crippen LogP contribution in [0.5, 0.6) is 5.75 Å². The lowest BCUT2D eigenvalue weighted by molar-refractivity contribution is -0.143. The number of aliphatic carboxylic acids is 1. The minimum Gasteiger partial charge on any atom is -0.494 e. The Morgan fingerprint density at radius 2 is 1.19 bits per heavy atom. The number of amides is 9. The van der Waals surface area contributed by atoms with Crippen molar-refractivity contribution in [3.8, 4) is 16.9 Å². The summed E-state index contributed by atoms with van der Waals surface area (Å²) in [6, 6.07) is 8.76. The quantitative estimate of drug-likeness (QED) is 0.0185. The number of benzene rings is 3. The standard InChI is InChI=1S/C86H129FN18O23/c1-11-60-46-65(128-30-15-14-28-105-52-64(99-104-105)54-127-44-43-126-42-41-125-40-39-124-38-37-123-36-35-122-34-33-121-32-31-120-29-16-26-84(5,6)7)23-24-66(60)61-21-19-59(20-22-61)45-56(2)92-77(113)69(48-73(110)111)93-78(114)70(53-106)94-79(115)74(57(3)107)97-83(119)86(10,49-62-17-12-13-18-67(62)87)98-80(116)75(58(4)108)96-72(109)51-90-76(112)68(47-71-100-102-103-101-71)95-82(118)85(8,9)81(117)89-27-25-63-50-88-55-91-63/h12-13,17-24,46,50,52,55-58,68-70,74-75,106-108H,11,14-16,25-45,47-49,51,53-54H2,1-10H3,(H,88,91)(H,89,117)(H,90,112)(H,92,113)(H,93,114)(H,94,115)(H,95,118)(H,96,109)(H,97,119)(H,98,116)(H,110,111)(H,100,101,102,103). The molecule has 0 aliphatic carbocycles. The molecule has 0 aliphatic heterocycles. The number of halogens is 1. The van der Waals surface area contributed by atoms with Gasteiger partial charge in [-0.25, -0.2) is 9.37 Å². The maximum atomic E-state index is 15.5. The molecule has 42 heteroatoms. The summed E-state index contributed by atoms with van der Waals surface area (Å²) in [7, 11) is 0. The number of carbonyl (C=O) groups is 10. The summed E-state index contributed by atoms with van der Waals surface area (Å²) in [4.78, 5) is 144. The largest absolute Gasteiger partial charge is 0.494 e. The Labute approximate surface area is 743 Å². The molecule has 9 unspecified atom stereocenters. The van der Waals surface area contributed by atoms with Crippen molar-refractivity contribution in [2.24, 2.45) is 10.8 Å². The molecule has 9 atom stereocenters. The predicted molar refractivity (Wildman–Crippen MR) is 460 cm³/mol. The van der Waals surface area contributed by atoms with Crippen molar-refractivity contribution < 1.29 is 115 Å². The van der Waals surface area contributed by atoms with Crippen LogP contribution in [0.1, 0.15) is 135 Å². The molecule has 6 rings (SSSR count). The summed E-state index contributed by atoms with van der Waals surface area (Å²) < 4.78 is 68.1. The van der Waals surface area contributed by atoms with Crippen molar-refractivity contribution >= 4 is 59.1 Å². The third-order valence-corrected chi connectivity index (χ3v) is 19.9.